The summed E-state index contributed by atoms with van der Waals surface area (Å²) in [4.78, 5) is 15.6. The quantitative estimate of drug-likeness (QED) is 0.560. The van der Waals surface area contributed by atoms with Gasteiger partial charge in [-0.3, -0.25) is 4.79 Å². The molecule has 2 heterocycles. The molecule has 170 valence electrons. The van der Waals surface area contributed by atoms with Crippen molar-refractivity contribution in [1.82, 2.24) is 9.29 Å². The highest BCUT2D eigenvalue weighted by Gasteiger charge is 2.30. The first-order valence-corrected chi connectivity index (χ1v) is 11.8. The van der Waals surface area contributed by atoms with Crippen molar-refractivity contribution in [2.45, 2.75) is 17.5 Å². The molecular formula is C22H23ClN2O6S. The molecule has 2 aromatic carbocycles. The number of rotatable bonds is 7. The summed E-state index contributed by atoms with van der Waals surface area (Å²) < 4.78 is 44.5. The number of nitrogens with one attached hydrogen (secondary N) is 1. The third-order valence-electron chi connectivity index (χ3n) is 5.20. The highest BCUT2D eigenvalue weighted by molar-refractivity contribution is 7.89. The summed E-state index contributed by atoms with van der Waals surface area (Å²) in [6.45, 7) is 1.02. The number of fused-ring (bicyclic) bond motifs is 1. The average molecular weight is 479 g/mol. The fourth-order valence-corrected chi connectivity index (χ4v) is 5.30. The molecule has 1 aromatic heterocycles. The van der Waals surface area contributed by atoms with Gasteiger partial charge in [0.05, 0.1) is 43.4 Å². The lowest BCUT2D eigenvalue weighted by atomic mass is 10.1. The molecule has 1 atom stereocenters. The number of hydrogen-bond donors (Lipinski definition) is 1. The van der Waals surface area contributed by atoms with Gasteiger partial charge in [-0.05, 0) is 41.8 Å². The lowest BCUT2D eigenvalue weighted by molar-refractivity contribution is -0.0923. The van der Waals surface area contributed by atoms with E-state index in [1.165, 1.54) is 16.4 Å². The van der Waals surface area contributed by atoms with Gasteiger partial charge in [0.1, 0.15) is 5.75 Å². The molecule has 8 nitrogen and oxygen atoms in total. The Bertz CT molecular complexity index is 1270. The number of nitrogens with zero attached hydrogens (tertiary/aromatic N) is 1. The molecule has 0 amide bonds. The molecular weight excluding hydrogens is 456 g/mol. The molecule has 0 unspecified atom stereocenters. The van der Waals surface area contributed by atoms with Crippen LogP contribution >= 0.6 is 11.6 Å². The number of H-pyrrole nitrogens is 1. The van der Waals surface area contributed by atoms with Crippen LogP contribution in [-0.2, 0) is 26.0 Å². The summed E-state index contributed by atoms with van der Waals surface area (Å²) in [7, 11) is -2.42. The Hall–Kier alpha value is -2.43. The molecule has 32 heavy (non-hydrogen) atoms. The minimum Gasteiger partial charge on any atom is -0.497 e. The van der Waals surface area contributed by atoms with Crippen molar-refractivity contribution in [2.24, 2.45) is 0 Å². The van der Waals surface area contributed by atoms with Gasteiger partial charge in [0.2, 0.25) is 10.0 Å². The molecule has 1 saturated heterocycles. The maximum Gasteiger partial charge on any atom is 0.252 e. The summed E-state index contributed by atoms with van der Waals surface area (Å²) >= 11 is 6.03. The van der Waals surface area contributed by atoms with E-state index in [0.717, 1.165) is 5.39 Å². The van der Waals surface area contributed by atoms with Gasteiger partial charge in [0.25, 0.3) is 5.56 Å². The topological polar surface area (TPSA) is 97.9 Å². The molecule has 1 N–H and O–H groups in total. The van der Waals surface area contributed by atoms with Crippen molar-refractivity contribution in [3.8, 4) is 5.75 Å². The molecule has 10 heteroatoms. The highest BCUT2D eigenvalue weighted by Crippen LogP contribution is 2.24. The van der Waals surface area contributed by atoms with Crippen LogP contribution in [0.15, 0.2) is 58.2 Å². The van der Waals surface area contributed by atoms with Crippen LogP contribution in [0.4, 0.5) is 0 Å². The monoisotopic (exact) mass is 478 g/mol. The molecule has 1 aliphatic heterocycles. The maximum absolute atomic E-state index is 13.5. The second-order valence-corrected chi connectivity index (χ2v) is 9.77. The fraction of sp³-hybridized carbons (Fsp3) is 0.318. The fourth-order valence-electron chi connectivity index (χ4n) is 3.55. The minimum atomic E-state index is -3.96. The van der Waals surface area contributed by atoms with Crippen LogP contribution in [0.25, 0.3) is 10.9 Å². The van der Waals surface area contributed by atoms with E-state index in [1.807, 2.05) is 6.07 Å². The Kier molecular flexibility index (Phi) is 6.82. The number of hydrogen-bond acceptors (Lipinski definition) is 6. The molecule has 0 bridgehead atoms. The van der Waals surface area contributed by atoms with Crippen molar-refractivity contribution in [1.29, 1.82) is 0 Å². The van der Waals surface area contributed by atoms with E-state index in [0.29, 0.717) is 35.1 Å². The number of benzene rings is 2. The number of halogens is 1. The zero-order valence-electron chi connectivity index (χ0n) is 17.4. The first-order valence-electron chi connectivity index (χ1n) is 10.0. The van der Waals surface area contributed by atoms with Gasteiger partial charge in [-0.25, -0.2) is 8.42 Å². The first kappa shape index (κ1) is 22.8. The van der Waals surface area contributed by atoms with E-state index in [4.69, 9.17) is 25.8 Å². The van der Waals surface area contributed by atoms with Gasteiger partial charge >= 0.3 is 0 Å². The SMILES string of the molecule is COc1ccc2cc(CN(C[C@@H]3COCCO3)S(=O)(=O)c3cccc(Cl)c3)c(=O)[nH]c2c1. The standard InChI is InChI=1S/C22H23ClN2O6S/c1-29-18-6-5-15-9-16(22(26)24-21(15)11-18)12-25(13-19-14-30-7-8-31-19)32(27,28)20-4-2-3-17(23)10-20/h2-6,9-11,19H,7-8,12-14H2,1H3,(H,24,26)/t19-/m1/s1. The van der Waals surface area contributed by atoms with Crippen LogP contribution in [0.3, 0.4) is 0 Å². The van der Waals surface area contributed by atoms with Crippen LogP contribution in [-0.4, -0.2) is 57.3 Å². The van der Waals surface area contributed by atoms with E-state index >= 15 is 0 Å². The predicted octanol–water partition coefficient (Wildman–Crippen LogP) is 2.80. The van der Waals surface area contributed by atoms with E-state index in [-0.39, 0.29) is 30.2 Å². The summed E-state index contributed by atoms with van der Waals surface area (Å²) in [5.41, 5.74) is 0.536. The maximum atomic E-state index is 13.5. The molecule has 1 fully saturated rings. The van der Waals surface area contributed by atoms with E-state index in [2.05, 4.69) is 4.98 Å². The van der Waals surface area contributed by atoms with Crippen molar-refractivity contribution in [3.05, 3.63) is 69.5 Å². The second kappa shape index (κ2) is 9.60. The normalized spacial score (nSPS) is 17.0. The van der Waals surface area contributed by atoms with Crippen LogP contribution in [0.5, 0.6) is 5.75 Å². The van der Waals surface area contributed by atoms with Crippen molar-refractivity contribution in [2.75, 3.05) is 33.5 Å². The van der Waals surface area contributed by atoms with Gasteiger partial charge in [-0.2, -0.15) is 4.31 Å². The van der Waals surface area contributed by atoms with Crippen LogP contribution < -0.4 is 10.3 Å². The minimum absolute atomic E-state index is 0.0366. The predicted molar refractivity (Wildman–Crippen MR) is 121 cm³/mol. The molecule has 1 aliphatic rings. The van der Waals surface area contributed by atoms with Crippen LogP contribution in [0.1, 0.15) is 5.56 Å². The third kappa shape index (κ3) is 4.97. The molecule has 4 rings (SSSR count). The Morgan fingerprint density at radius 3 is 2.75 bits per heavy atom. The van der Waals surface area contributed by atoms with Crippen LogP contribution in [0.2, 0.25) is 5.02 Å². The summed E-state index contributed by atoms with van der Waals surface area (Å²) in [6, 6.07) is 13.0. The average Bonchev–Trinajstić information content (AvgIpc) is 2.79. The van der Waals surface area contributed by atoms with Gasteiger partial charge in [0.15, 0.2) is 0 Å². The Labute approximate surface area is 190 Å². The van der Waals surface area contributed by atoms with Gasteiger partial charge in [-0.1, -0.05) is 17.7 Å². The molecule has 3 aromatic rings. The molecule has 0 radical (unpaired) electrons. The molecule has 0 spiro atoms. The molecule has 0 aliphatic carbocycles. The van der Waals surface area contributed by atoms with Crippen molar-refractivity contribution < 1.29 is 22.6 Å². The van der Waals surface area contributed by atoms with Crippen molar-refractivity contribution in [3.63, 3.8) is 0 Å². The number of methoxy groups -OCH3 is 1. The first-order chi connectivity index (χ1) is 15.4. The summed E-state index contributed by atoms with van der Waals surface area (Å²) in [6.07, 6.45) is -0.443. The zero-order chi connectivity index (χ0) is 22.7. The number of aromatic amines is 1. The zero-order valence-corrected chi connectivity index (χ0v) is 19.0. The van der Waals surface area contributed by atoms with Crippen LogP contribution in [0, 0.1) is 0 Å². The number of sulfonamides is 1. The summed E-state index contributed by atoms with van der Waals surface area (Å²) in [5.74, 6) is 0.612. The Morgan fingerprint density at radius 1 is 1.19 bits per heavy atom. The Morgan fingerprint density at radius 2 is 2.03 bits per heavy atom. The van der Waals surface area contributed by atoms with Gasteiger partial charge in [0, 0.05) is 29.7 Å². The van der Waals surface area contributed by atoms with Gasteiger partial charge < -0.3 is 19.2 Å². The van der Waals surface area contributed by atoms with E-state index in [1.54, 1.807) is 37.4 Å². The Balaban J connectivity index is 1.71. The number of pyridine rings is 1. The van der Waals surface area contributed by atoms with E-state index in [9.17, 15) is 13.2 Å². The molecule has 0 saturated carbocycles. The lowest BCUT2D eigenvalue weighted by Gasteiger charge is -2.29. The smallest absolute Gasteiger partial charge is 0.252 e. The third-order valence-corrected chi connectivity index (χ3v) is 7.25. The largest absolute Gasteiger partial charge is 0.497 e. The second-order valence-electron chi connectivity index (χ2n) is 7.40. The highest BCUT2D eigenvalue weighted by atomic mass is 35.5. The number of aromatic nitrogens is 1. The number of ether oxygens (including phenoxy) is 3. The van der Waals surface area contributed by atoms with Crippen molar-refractivity contribution >= 4 is 32.5 Å². The van der Waals surface area contributed by atoms with Gasteiger partial charge in [-0.15, -0.1) is 0 Å². The lowest BCUT2D eigenvalue weighted by Crippen LogP contribution is -2.43. The van der Waals surface area contributed by atoms with E-state index < -0.39 is 16.1 Å². The summed E-state index contributed by atoms with van der Waals surface area (Å²) in [5, 5.41) is 1.07.